The quantitative estimate of drug-likeness (QED) is 0.747. The lowest BCUT2D eigenvalue weighted by molar-refractivity contribution is 0.102. The molecule has 0 unspecified atom stereocenters. The lowest BCUT2D eigenvalue weighted by Crippen LogP contribution is -2.12. The van der Waals surface area contributed by atoms with Crippen LogP contribution in [0.4, 0.5) is 5.69 Å². The second-order valence-corrected chi connectivity index (χ2v) is 4.13. The molecule has 2 rings (SSSR count). The fourth-order valence-electron chi connectivity index (χ4n) is 1.68. The molecule has 0 spiro atoms. The third-order valence-corrected chi connectivity index (χ3v) is 2.62. The molecule has 106 valence electrons. The fraction of sp³-hybridized carbons (Fsp3) is 0.0667. The minimum absolute atomic E-state index is 0.0432. The number of nitriles is 1. The Bertz CT molecular complexity index is 707. The fourth-order valence-corrected chi connectivity index (χ4v) is 1.68. The number of hydrogen-bond acceptors (Lipinski definition) is 5. The van der Waals surface area contributed by atoms with E-state index in [1.165, 1.54) is 18.2 Å². The molecule has 21 heavy (non-hydrogen) atoms. The first-order valence-corrected chi connectivity index (χ1v) is 6.03. The van der Waals surface area contributed by atoms with Crippen LogP contribution in [0.25, 0.3) is 0 Å². The van der Waals surface area contributed by atoms with Gasteiger partial charge in [-0.15, -0.1) is 0 Å². The molecule has 0 saturated heterocycles. The van der Waals surface area contributed by atoms with Crippen molar-refractivity contribution >= 4 is 11.6 Å². The van der Waals surface area contributed by atoms with Crippen LogP contribution < -0.4 is 10.1 Å². The standard InChI is InChI=1S/C15H12N2O4/c16-6-7-21-12-3-1-2-10(8-12)17-15(20)13-9-11(18)4-5-14(13)19/h1-5,8-9,18-19H,7H2,(H,17,20). The summed E-state index contributed by atoms with van der Waals surface area (Å²) in [7, 11) is 0. The van der Waals surface area contributed by atoms with Gasteiger partial charge < -0.3 is 20.3 Å². The smallest absolute Gasteiger partial charge is 0.259 e. The van der Waals surface area contributed by atoms with E-state index in [4.69, 9.17) is 10.00 Å². The van der Waals surface area contributed by atoms with Crippen LogP contribution in [-0.2, 0) is 0 Å². The summed E-state index contributed by atoms with van der Waals surface area (Å²) < 4.78 is 5.12. The molecule has 0 aromatic heterocycles. The van der Waals surface area contributed by atoms with E-state index in [0.717, 1.165) is 0 Å². The molecule has 0 heterocycles. The summed E-state index contributed by atoms with van der Waals surface area (Å²) in [6.45, 7) is -0.0925. The molecular formula is C15H12N2O4. The molecule has 0 fully saturated rings. The molecule has 0 saturated carbocycles. The number of hydrogen-bond donors (Lipinski definition) is 3. The van der Waals surface area contributed by atoms with Crippen LogP contribution >= 0.6 is 0 Å². The van der Waals surface area contributed by atoms with E-state index in [9.17, 15) is 15.0 Å². The van der Waals surface area contributed by atoms with Crippen molar-refractivity contribution in [3.8, 4) is 23.3 Å². The summed E-state index contributed by atoms with van der Waals surface area (Å²) in [6.07, 6.45) is 0. The molecule has 0 aliphatic rings. The molecule has 0 atom stereocenters. The Morgan fingerprint density at radius 1 is 1.24 bits per heavy atom. The van der Waals surface area contributed by atoms with Crippen LogP contribution in [0.3, 0.4) is 0 Å². The van der Waals surface area contributed by atoms with Crippen molar-refractivity contribution in [1.82, 2.24) is 0 Å². The lowest BCUT2D eigenvalue weighted by atomic mass is 10.1. The highest BCUT2D eigenvalue weighted by Crippen LogP contribution is 2.24. The summed E-state index contributed by atoms with van der Waals surface area (Å²) in [5, 5.41) is 30.0. The number of rotatable bonds is 4. The molecule has 2 aromatic rings. The van der Waals surface area contributed by atoms with E-state index >= 15 is 0 Å². The largest absolute Gasteiger partial charge is 0.508 e. The Morgan fingerprint density at radius 2 is 2.05 bits per heavy atom. The number of nitrogens with zero attached hydrogens (tertiary/aromatic N) is 1. The van der Waals surface area contributed by atoms with Gasteiger partial charge in [0.2, 0.25) is 0 Å². The van der Waals surface area contributed by atoms with Crippen molar-refractivity contribution in [2.45, 2.75) is 0 Å². The predicted molar refractivity (Wildman–Crippen MR) is 75.3 cm³/mol. The number of nitrogens with one attached hydrogen (secondary N) is 1. The number of anilines is 1. The van der Waals surface area contributed by atoms with E-state index in [0.29, 0.717) is 11.4 Å². The van der Waals surface area contributed by atoms with Crippen molar-refractivity contribution < 1.29 is 19.7 Å². The van der Waals surface area contributed by atoms with Gasteiger partial charge in [0, 0.05) is 11.8 Å². The SMILES string of the molecule is N#CCOc1cccc(NC(=O)c2cc(O)ccc2O)c1. The van der Waals surface area contributed by atoms with Crippen molar-refractivity contribution in [2.24, 2.45) is 0 Å². The van der Waals surface area contributed by atoms with Gasteiger partial charge in [0.1, 0.15) is 23.3 Å². The number of phenols is 2. The number of ether oxygens (including phenoxy) is 1. The van der Waals surface area contributed by atoms with Gasteiger partial charge in [0.25, 0.3) is 5.91 Å². The van der Waals surface area contributed by atoms with E-state index in [-0.39, 0.29) is 23.7 Å². The Balaban J connectivity index is 2.16. The maximum absolute atomic E-state index is 12.0. The summed E-state index contributed by atoms with van der Waals surface area (Å²) in [6, 6.07) is 12.0. The van der Waals surface area contributed by atoms with E-state index in [1.807, 2.05) is 6.07 Å². The highest BCUT2D eigenvalue weighted by Gasteiger charge is 2.12. The molecule has 1 amide bonds. The first kappa shape index (κ1) is 14.2. The van der Waals surface area contributed by atoms with E-state index in [2.05, 4.69) is 5.32 Å². The highest BCUT2D eigenvalue weighted by atomic mass is 16.5. The Kier molecular flexibility index (Phi) is 4.26. The zero-order chi connectivity index (χ0) is 15.2. The van der Waals surface area contributed by atoms with Crippen LogP contribution in [0.2, 0.25) is 0 Å². The second kappa shape index (κ2) is 6.30. The number of amides is 1. The molecule has 0 aliphatic heterocycles. The van der Waals surface area contributed by atoms with Crippen molar-refractivity contribution in [3.05, 3.63) is 48.0 Å². The number of carbonyl (C=O) groups excluding carboxylic acids is 1. The Morgan fingerprint density at radius 3 is 2.81 bits per heavy atom. The topological polar surface area (TPSA) is 103 Å². The summed E-state index contributed by atoms with van der Waals surface area (Å²) in [4.78, 5) is 12.0. The maximum Gasteiger partial charge on any atom is 0.259 e. The Labute approximate surface area is 120 Å². The van der Waals surface area contributed by atoms with Gasteiger partial charge >= 0.3 is 0 Å². The van der Waals surface area contributed by atoms with Crippen LogP contribution in [-0.4, -0.2) is 22.7 Å². The van der Waals surface area contributed by atoms with Gasteiger partial charge in [-0.25, -0.2) is 0 Å². The zero-order valence-electron chi connectivity index (χ0n) is 10.9. The van der Waals surface area contributed by atoms with E-state index in [1.54, 1.807) is 24.3 Å². The third kappa shape index (κ3) is 3.64. The van der Waals surface area contributed by atoms with Crippen molar-refractivity contribution in [1.29, 1.82) is 5.26 Å². The number of aromatic hydroxyl groups is 2. The van der Waals surface area contributed by atoms with Gasteiger partial charge in [-0.05, 0) is 30.3 Å². The molecule has 0 bridgehead atoms. The van der Waals surface area contributed by atoms with Gasteiger partial charge in [0.05, 0.1) is 5.56 Å². The molecule has 0 radical (unpaired) electrons. The molecule has 6 nitrogen and oxygen atoms in total. The Hall–Kier alpha value is -3.20. The van der Waals surface area contributed by atoms with Gasteiger partial charge in [0.15, 0.2) is 6.61 Å². The minimum Gasteiger partial charge on any atom is -0.508 e. The first-order chi connectivity index (χ1) is 10.1. The average Bonchev–Trinajstić information content (AvgIpc) is 2.48. The molecule has 0 aliphatic carbocycles. The van der Waals surface area contributed by atoms with Gasteiger partial charge in [-0.3, -0.25) is 4.79 Å². The van der Waals surface area contributed by atoms with Crippen molar-refractivity contribution in [2.75, 3.05) is 11.9 Å². The van der Waals surface area contributed by atoms with Crippen molar-refractivity contribution in [3.63, 3.8) is 0 Å². The summed E-state index contributed by atoms with van der Waals surface area (Å²) >= 11 is 0. The number of benzene rings is 2. The maximum atomic E-state index is 12.0. The van der Waals surface area contributed by atoms with Crippen LogP contribution in [0.5, 0.6) is 17.2 Å². The average molecular weight is 284 g/mol. The number of phenolic OH excluding ortho intramolecular Hbond substituents is 2. The molecular weight excluding hydrogens is 272 g/mol. The monoisotopic (exact) mass is 284 g/mol. The lowest BCUT2D eigenvalue weighted by Gasteiger charge is -2.09. The first-order valence-electron chi connectivity index (χ1n) is 6.03. The summed E-state index contributed by atoms with van der Waals surface area (Å²) in [5.74, 6) is -0.485. The number of carbonyl (C=O) groups is 1. The molecule has 3 N–H and O–H groups in total. The third-order valence-electron chi connectivity index (χ3n) is 2.62. The van der Waals surface area contributed by atoms with Gasteiger partial charge in [-0.2, -0.15) is 5.26 Å². The van der Waals surface area contributed by atoms with E-state index < -0.39 is 5.91 Å². The normalized spacial score (nSPS) is 9.67. The zero-order valence-corrected chi connectivity index (χ0v) is 10.9. The van der Waals surface area contributed by atoms with Crippen LogP contribution in [0.1, 0.15) is 10.4 Å². The molecule has 6 heteroatoms. The highest BCUT2D eigenvalue weighted by molar-refractivity contribution is 6.06. The predicted octanol–water partition coefficient (Wildman–Crippen LogP) is 2.25. The van der Waals surface area contributed by atoms with Gasteiger partial charge in [-0.1, -0.05) is 6.07 Å². The summed E-state index contributed by atoms with van der Waals surface area (Å²) in [5.41, 5.74) is 0.400. The second-order valence-electron chi connectivity index (χ2n) is 4.13. The molecule has 2 aromatic carbocycles. The minimum atomic E-state index is -0.569. The van der Waals surface area contributed by atoms with Crippen LogP contribution in [0.15, 0.2) is 42.5 Å². The van der Waals surface area contributed by atoms with Crippen LogP contribution in [0, 0.1) is 11.3 Å².